The van der Waals surface area contributed by atoms with Crippen molar-refractivity contribution in [2.24, 2.45) is 11.8 Å². The SMILES string of the molecule is CC(C)CNC(=O)N1CCCC(CC(=O)N2CCNCC2)C1. The molecule has 0 aliphatic carbocycles. The highest BCUT2D eigenvalue weighted by Crippen LogP contribution is 2.20. The Morgan fingerprint density at radius 3 is 2.59 bits per heavy atom. The van der Waals surface area contributed by atoms with Gasteiger partial charge in [0.1, 0.15) is 0 Å². The number of likely N-dealkylation sites (tertiary alicyclic amines) is 1. The Morgan fingerprint density at radius 1 is 1.18 bits per heavy atom. The van der Waals surface area contributed by atoms with Gasteiger partial charge in [0.15, 0.2) is 0 Å². The van der Waals surface area contributed by atoms with E-state index >= 15 is 0 Å². The van der Waals surface area contributed by atoms with Gasteiger partial charge in [-0.05, 0) is 24.7 Å². The van der Waals surface area contributed by atoms with Crippen LogP contribution in [0.5, 0.6) is 0 Å². The van der Waals surface area contributed by atoms with Crippen LogP contribution in [0.3, 0.4) is 0 Å². The van der Waals surface area contributed by atoms with Crippen LogP contribution >= 0.6 is 0 Å². The molecule has 0 aromatic carbocycles. The van der Waals surface area contributed by atoms with Crippen molar-refractivity contribution in [3.05, 3.63) is 0 Å². The van der Waals surface area contributed by atoms with Crippen LogP contribution in [0.1, 0.15) is 33.1 Å². The second-order valence-electron chi connectivity index (χ2n) is 6.87. The summed E-state index contributed by atoms with van der Waals surface area (Å²) in [4.78, 5) is 28.3. The number of hydrogen-bond acceptors (Lipinski definition) is 3. The maximum absolute atomic E-state index is 12.3. The summed E-state index contributed by atoms with van der Waals surface area (Å²) in [6, 6.07) is 0.0213. The molecule has 0 radical (unpaired) electrons. The molecule has 6 nitrogen and oxygen atoms in total. The Balaban J connectivity index is 1.77. The van der Waals surface area contributed by atoms with E-state index in [1.807, 2.05) is 9.80 Å². The van der Waals surface area contributed by atoms with Gasteiger partial charge in [0.2, 0.25) is 5.91 Å². The van der Waals surface area contributed by atoms with Gasteiger partial charge in [0, 0.05) is 52.2 Å². The van der Waals surface area contributed by atoms with Gasteiger partial charge in [-0.1, -0.05) is 13.8 Å². The Labute approximate surface area is 133 Å². The third kappa shape index (κ3) is 5.16. The monoisotopic (exact) mass is 310 g/mol. The molecule has 0 saturated carbocycles. The number of rotatable bonds is 4. The number of urea groups is 1. The second-order valence-corrected chi connectivity index (χ2v) is 6.87. The summed E-state index contributed by atoms with van der Waals surface area (Å²) in [5, 5.41) is 6.24. The topological polar surface area (TPSA) is 64.7 Å². The predicted molar refractivity (Wildman–Crippen MR) is 86.6 cm³/mol. The van der Waals surface area contributed by atoms with Gasteiger partial charge in [0.05, 0.1) is 0 Å². The molecule has 1 atom stereocenters. The summed E-state index contributed by atoms with van der Waals surface area (Å²) < 4.78 is 0. The normalized spacial score (nSPS) is 22.8. The highest BCUT2D eigenvalue weighted by Gasteiger charge is 2.27. The Bertz CT molecular complexity index is 380. The van der Waals surface area contributed by atoms with Crippen molar-refractivity contribution in [2.75, 3.05) is 45.8 Å². The summed E-state index contributed by atoms with van der Waals surface area (Å²) in [5.74, 6) is 1.01. The molecular formula is C16H30N4O2. The van der Waals surface area contributed by atoms with E-state index in [4.69, 9.17) is 0 Å². The summed E-state index contributed by atoms with van der Waals surface area (Å²) in [5.41, 5.74) is 0. The predicted octanol–water partition coefficient (Wildman–Crippen LogP) is 0.886. The van der Waals surface area contributed by atoms with Crippen LogP contribution in [0.4, 0.5) is 4.79 Å². The molecule has 22 heavy (non-hydrogen) atoms. The first-order chi connectivity index (χ1) is 10.6. The summed E-state index contributed by atoms with van der Waals surface area (Å²) in [6.07, 6.45) is 2.62. The first-order valence-electron chi connectivity index (χ1n) is 8.57. The number of carbonyl (C=O) groups is 2. The minimum atomic E-state index is 0.0213. The van der Waals surface area contributed by atoms with Gasteiger partial charge >= 0.3 is 6.03 Å². The molecule has 2 heterocycles. The number of hydrogen-bond donors (Lipinski definition) is 2. The Morgan fingerprint density at radius 2 is 1.91 bits per heavy atom. The van der Waals surface area contributed by atoms with Crippen LogP contribution < -0.4 is 10.6 Å². The molecule has 2 saturated heterocycles. The Kier molecular flexibility index (Phi) is 6.49. The van der Waals surface area contributed by atoms with E-state index in [9.17, 15) is 9.59 Å². The van der Waals surface area contributed by atoms with Crippen LogP contribution in [-0.4, -0.2) is 67.6 Å². The molecule has 0 aromatic heterocycles. The summed E-state index contributed by atoms with van der Waals surface area (Å²) in [7, 11) is 0. The number of piperazine rings is 1. The van der Waals surface area contributed by atoms with Crippen molar-refractivity contribution in [2.45, 2.75) is 33.1 Å². The van der Waals surface area contributed by atoms with E-state index in [-0.39, 0.29) is 11.9 Å². The molecular weight excluding hydrogens is 280 g/mol. The van der Waals surface area contributed by atoms with Crippen LogP contribution in [-0.2, 0) is 4.79 Å². The van der Waals surface area contributed by atoms with Crippen molar-refractivity contribution in [1.29, 1.82) is 0 Å². The zero-order valence-electron chi connectivity index (χ0n) is 13.9. The Hall–Kier alpha value is -1.30. The zero-order chi connectivity index (χ0) is 15.9. The number of carbonyl (C=O) groups excluding carboxylic acids is 2. The van der Waals surface area contributed by atoms with Gasteiger partial charge in [-0.25, -0.2) is 4.79 Å². The molecule has 2 fully saturated rings. The molecule has 2 aliphatic rings. The van der Waals surface area contributed by atoms with E-state index in [1.165, 1.54) is 0 Å². The van der Waals surface area contributed by atoms with Gasteiger partial charge in [-0.3, -0.25) is 4.79 Å². The van der Waals surface area contributed by atoms with Crippen LogP contribution in [0, 0.1) is 11.8 Å². The molecule has 6 heteroatoms. The zero-order valence-corrected chi connectivity index (χ0v) is 13.9. The molecule has 0 aromatic rings. The number of nitrogens with one attached hydrogen (secondary N) is 2. The van der Waals surface area contributed by atoms with E-state index in [2.05, 4.69) is 24.5 Å². The lowest BCUT2D eigenvalue weighted by Gasteiger charge is -2.34. The van der Waals surface area contributed by atoms with E-state index in [0.717, 1.165) is 45.6 Å². The van der Waals surface area contributed by atoms with Crippen LogP contribution in [0.2, 0.25) is 0 Å². The molecule has 2 aliphatic heterocycles. The molecule has 126 valence electrons. The lowest BCUT2D eigenvalue weighted by atomic mass is 9.94. The minimum absolute atomic E-state index is 0.0213. The maximum Gasteiger partial charge on any atom is 0.317 e. The molecule has 2 rings (SSSR count). The minimum Gasteiger partial charge on any atom is -0.340 e. The third-order valence-electron chi connectivity index (χ3n) is 4.40. The van der Waals surface area contributed by atoms with Gasteiger partial charge in [-0.15, -0.1) is 0 Å². The molecule has 2 N–H and O–H groups in total. The fourth-order valence-corrected chi connectivity index (χ4v) is 3.11. The average Bonchev–Trinajstić information content (AvgIpc) is 2.53. The van der Waals surface area contributed by atoms with Gasteiger partial charge in [-0.2, -0.15) is 0 Å². The van der Waals surface area contributed by atoms with Gasteiger partial charge < -0.3 is 20.4 Å². The lowest BCUT2D eigenvalue weighted by molar-refractivity contribution is -0.133. The smallest absolute Gasteiger partial charge is 0.317 e. The summed E-state index contributed by atoms with van der Waals surface area (Å²) in [6.45, 7) is 9.80. The van der Waals surface area contributed by atoms with Crippen molar-refractivity contribution in [3.8, 4) is 0 Å². The maximum atomic E-state index is 12.3. The average molecular weight is 310 g/mol. The fourth-order valence-electron chi connectivity index (χ4n) is 3.11. The number of nitrogens with zero attached hydrogens (tertiary/aromatic N) is 2. The first-order valence-corrected chi connectivity index (χ1v) is 8.57. The second kappa shape index (κ2) is 8.36. The number of piperidine rings is 1. The van der Waals surface area contributed by atoms with E-state index in [1.54, 1.807) is 0 Å². The van der Waals surface area contributed by atoms with Crippen molar-refractivity contribution in [3.63, 3.8) is 0 Å². The molecule has 0 spiro atoms. The van der Waals surface area contributed by atoms with Gasteiger partial charge in [0.25, 0.3) is 0 Å². The first kappa shape index (κ1) is 17.1. The van der Waals surface area contributed by atoms with Crippen LogP contribution in [0.15, 0.2) is 0 Å². The molecule has 0 bridgehead atoms. The highest BCUT2D eigenvalue weighted by atomic mass is 16.2. The van der Waals surface area contributed by atoms with E-state index < -0.39 is 0 Å². The summed E-state index contributed by atoms with van der Waals surface area (Å²) >= 11 is 0. The quantitative estimate of drug-likeness (QED) is 0.810. The lowest BCUT2D eigenvalue weighted by Crippen LogP contribution is -2.49. The van der Waals surface area contributed by atoms with E-state index in [0.29, 0.717) is 31.3 Å². The standard InChI is InChI=1S/C16H30N4O2/c1-13(2)11-18-16(22)20-7-3-4-14(12-20)10-15(21)19-8-5-17-6-9-19/h13-14,17H,3-12H2,1-2H3,(H,18,22). The molecule has 1 unspecified atom stereocenters. The highest BCUT2D eigenvalue weighted by molar-refractivity contribution is 5.77. The number of amides is 3. The van der Waals surface area contributed by atoms with Crippen molar-refractivity contribution in [1.82, 2.24) is 20.4 Å². The largest absolute Gasteiger partial charge is 0.340 e. The van der Waals surface area contributed by atoms with Crippen molar-refractivity contribution < 1.29 is 9.59 Å². The van der Waals surface area contributed by atoms with Crippen LogP contribution in [0.25, 0.3) is 0 Å². The van der Waals surface area contributed by atoms with Crippen molar-refractivity contribution >= 4 is 11.9 Å². The fraction of sp³-hybridized carbons (Fsp3) is 0.875. The molecule has 3 amide bonds. The third-order valence-corrected chi connectivity index (χ3v) is 4.40.